The minimum Gasteiger partial charge on any atom is -0.504 e. The molecule has 0 spiro atoms. The van der Waals surface area contributed by atoms with Crippen LogP contribution in [0.15, 0.2) is 42.5 Å². The first kappa shape index (κ1) is 22.7. The number of methoxy groups -OCH3 is 1. The number of phenolic OH excluding ortho intramolecular Hbond substituents is 1. The first-order valence-electron chi connectivity index (χ1n) is 11.7. The Morgan fingerprint density at radius 1 is 1.21 bits per heavy atom. The van der Waals surface area contributed by atoms with E-state index in [9.17, 15) is 20.3 Å². The van der Waals surface area contributed by atoms with Gasteiger partial charge in [-0.2, -0.15) is 0 Å². The molecule has 0 heterocycles. The Labute approximate surface area is 198 Å². The van der Waals surface area contributed by atoms with Crippen molar-refractivity contribution in [2.24, 2.45) is 17.3 Å². The SMILES string of the molecule is COc1cc2c(cc1O)C(NOCc1ccc([N+](=O)[O-])cc1)=C[C@@H]1[C@@H]2CC[C@]2(C)[C@@H](O)CC[C@@H]12. The Morgan fingerprint density at radius 3 is 2.68 bits per heavy atom. The molecule has 8 nitrogen and oxygen atoms in total. The van der Waals surface area contributed by atoms with Crippen molar-refractivity contribution in [2.45, 2.75) is 51.2 Å². The molecule has 34 heavy (non-hydrogen) atoms. The molecule has 3 N–H and O–H groups in total. The lowest BCUT2D eigenvalue weighted by Crippen LogP contribution is -2.43. The van der Waals surface area contributed by atoms with Gasteiger partial charge < -0.3 is 14.9 Å². The van der Waals surface area contributed by atoms with E-state index in [0.29, 0.717) is 11.7 Å². The molecule has 0 saturated heterocycles. The van der Waals surface area contributed by atoms with Gasteiger partial charge in [-0.05, 0) is 84.2 Å². The lowest BCUT2D eigenvalue weighted by molar-refractivity contribution is -0.384. The molecule has 0 amide bonds. The van der Waals surface area contributed by atoms with Gasteiger partial charge in [0.2, 0.25) is 0 Å². The number of non-ortho nitro benzene ring substituents is 1. The van der Waals surface area contributed by atoms with Gasteiger partial charge in [-0.1, -0.05) is 13.0 Å². The van der Waals surface area contributed by atoms with Crippen molar-refractivity contribution in [1.82, 2.24) is 5.48 Å². The fourth-order valence-corrected chi connectivity index (χ4v) is 6.33. The molecule has 5 atom stereocenters. The Bertz CT molecular complexity index is 1130. The summed E-state index contributed by atoms with van der Waals surface area (Å²) in [7, 11) is 1.55. The van der Waals surface area contributed by atoms with Crippen LogP contribution in [0.5, 0.6) is 11.5 Å². The highest BCUT2D eigenvalue weighted by atomic mass is 16.6. The fraction of sp³-hybridized carbons (Fsp3) is 0.462. The zero-order valence-corrected chi connectivity index (χ0v) is 19.4. The molecule has 5 rings (SSSR count). The third kappa shape index (κ3) is 3.71. The van der Waals surface area contributed by atoms with Crippen LogP contribution >= 0.6 is 0 Å². The number of allylic oxidation sites excluding steroid dienone is 1. The van der Waals surface area contributed by atoms with E-state index in [-0.39, 0.29) is 41.4 Å². The quantitative estimate of drug-likeness (QED) is 0.419. The summed E-state index contributed by atoms with van der Waals surface area (Å²) in [5.74, 6) is 1.40. The third-order valence-electron chi connectivity index (χ3n) is 8.25. The first-order chi connectivity index (χ1) is 16.3. The number of nitrogens with zero attached hydrogens (tertiary/aromatic N) is 1. The highest BCUT2D eigenvalue weighted by molar-refractivity contribution is 5.72. The van der Waals surface area contributed by atoms with E-state index >= 15 is 0 Å². The van der Waals surface area contributed by atoms with E-state index in [4.69, 9.17) is 9.57 Å². The molecule has 3 aliphatic rings. The zero-order valence-electron chi connectivity index (χ0n) is 19.4. The Morgan fingerprint density at radius 2 is 1.97 bits per heavy atom. The van der Waals surface area contributed by atoms with Crippen LogP contribution in [0.1, 0.15) is 55.2 Å². The largest absolute Gasteiger partial charge is 0.504 e. The second-order valence-electron chi connectivity index (χ2n) is 9.93. The fourth-order valence-electron chi connectivity index (χ4n) is 6.33. The molecule has 0 aromatic heterocycles. The molecular formula is C26H30N2O6. The van der Waals surface area contributed by atoms with Crippen molar-refractivity contribution in [3.63, 3.8) is 0 Å². The first-order valence-corrected chi connectivity index (χ1v) is 11.7. The summed E-state index contributed by atoms with van der Waals surface area (Å²) >= 11 is 0. The molecule has 8 heteroatoms. The summed E-state index contributed by atoms with van der Waals surface area (Å²) in [5, 5.41) is 32.1. The topological polar surface area (TPSA) is 114 Å². The van der Waals surface area contributed by atoms with Crippen LogP contribution in [-0.4, -0.2) is 28.4 Å². The van der Waals surface area contributed by atoms with Crippen molar-refractivity contribution in [1.29, 1.82) is 0 Å². The van der Waals surface area contributed by atoms with E-state index in [2.05, 4.69) is 18.5 Å². The second kappa shape index (κ2) is 8.60. The minimum atomic E-state index is -0.429. The number of fused-ring (bicyclic) bond motifs is 5. The number of nitrogens with one attached hydrogen (secondary N) is 1. The van der Waals surface area contributed by atoms with E-state index < -0.39 is 4.92 Å². The number of benzene rings is 2. The zero-order chi connectivity index (χ0) is 24.0. The summed E-state index contributed by atoms with van der Waals surface area (Å²) in [6.07, 6.45) is 5.66. The number of phenols is 1. The van der Waals surface area contributed by atoms with Gasteiger partial charge in [-0.15, -0.1) is 0 Å². The molecule has 0 unspecified atom stereocenters. The smallest absolute Gasteiger partial charge is 0.269 e. The molecule has 0 radical (unpaired) electrons. The van der Waals surface area contributed by atoms with Gasteiger partial charge in [0, 0.05) is 17.7 Å². The van der Waals surface area contributed by atoms with Crippen molar-refractivity contribution in [3.8, 4) is 11.5 Å². The van der Waals surface area contributed by atoms with Crippen LogP contribution in [-0.2, 0) is 11.4 Å². The maximum Gasteiger partial charge on any atom is 0.269 e. The molecular weight excluding hydrogens is 436 g/mol. The molecule has 2 aromatic carbocycles. The van der Waals surface area contributed by atoms with Crippen molar-refractivity contribution in [2.75, 3.05) is 7.11 Å². The van der Waals surface area contributed by atoms with Gasteiger partial charge >= 0.3 is 0 Å². The lowest BCUT2D eigenvalue weighted by atomic mass is 9.56. The van der Waals surface area contributed by atoms with E-state index in [1.54, 1.807) is 25.3 Å². The molecule has 2 saturated carbocycles. The van der Waals surface area contributed by atoms with Gasteiger partial charge in [0.1, 0.15) is 0 Å². The number of aromatic hydroxyl groups is 1. The van der Waals surface area contributed by atoms with Gasteiger partial charge in [0.05, 0.1) is 30.4 Å². The molecule has 2 fully saturated rings. The Hall–Kier alpha value is -3.10. The van der Waals surface area contributed by atoms with Crippen molar-refractivity contribution >= 4 is 11.4 Å². The van der Waals surface area contributed by atoms with E-state index in [1.165, 1.54) is 12.1 Å². The molecule has 0 bridgehead atoms. The van der Waals surface area contributed by atoms with Gasteiger partial charge in [0.25, 0.3) is 5.69 Å². The van der Waals surface area contributed by atoms with Gasteiger partial charge in [-0.3, -0.25) is 20.4 Å². The number of nitro benzene ring substituents is 1. The maximum atomic E-state index is 10.9. The number of ether oxygens (including phenoxy) is 1. The number of nitro groups is 1. The molecule has 3 aliphatic carbocycles. The number of hydrogen-bond acceptors (Lipinski definition) is 7. The minimum absolute atomic E-state index is 0.0372. The predicted molar refractivity (Wildman–Crippen MR) is 126 cm³/mol. The number of aliphatic hydroxyl groups is 1. The Kier molecular flexibility index (Phi) is 5.73. The number of aliphatic hydroxyl groups excluding tert-OH is 1. The normalized spacial score (nSPS) is 29.4. The maximum absolute atomic E-state index is 10.9. The van der Waals surface area contributed by atoms with Crippen LogP contribution in [0.3, 0.4) is 0 Å². The second-order valence-corrected chi connectivity index (χ2v) is 9.93. The summed E-state index contributed by atoms with van der Waals surface area (Å²) in [4.78, 5) is 16.2. The summed E-state index contributed by atoms with van der Waals surface area (Å²) in [5.41, 5.74) is 6.60. The molecule has 180 valence electrons. The van der Waals surface area contributed by atoms with Crippen LogP contribution < -0.4 is 10.2 Å². The Balaban J connectivity index is 1.43. The van der Waals surface area contributed by atoms with Crippen LogP contribution in [0, 0.1) is 27.4 Å². The highest BCUT2D eigenvalue weighted by Crippen LogP contribution is 2.61. The van der Waals surface area contributed by atoms with E-state index in [1.807, 2.05) is 6.07 Å². The lowest BCUT2D eigenvalue weighted by Gasteiger charge is -2.49. The predicted octanol–water partition coefficient (Wildman–Crippen LogP) is 4.66. The summed E-state index contributed by atoms with van der Waals surface area (Å²) < 4.78 is 5.41. The van der Waals surface area contributed by atoms with Gasteiger partial charge in [-0.25, -0.2) is 0 Å². The third-order valence-corrected chi connectivity index (χ3v) is 8.25. The summed E-state index contributed by atoms with van der Waals surface area (Å²) in [6.45, 7) is 2.44. The van der Waals surface area contributed by atoms with Gasteiger partial charge in [0.15, 0.2) is 11.5 Å². The monoisotopic (exact) mass is 466 g/mol. The number of rotatable bonds is 6. The number of hydrogen-bond donors (Lipinski definition) is 3. The van der Waals surface area contributed by atoms with Crippen LogP contribution in [0.4, 0.5) is 5.69 Å². The van der Waals surface area contributed by atoms with Crippen LogP contribution in [0.25, 0.3) is 5.70 Å². The summed E-state index contributed by atoms with van der Waals surface area (Å²) in [6, 6.07) is 9.90. The van der Waals surface area contributed by atoms with Crippen molar-refractivity contribution < 1.29 is 24.7 Å². The standard InChI is InChI=1S/C26H30N2O6/c1-26-10-9-17-18-13-24(33-2)23(29)12-20(18)22(11-19(17)21(26)7-8-25(26)30)27-34-14-15-3-5-16(6-4-15)28(31)32/h3-6,11-13,17,19,21,25,27,29-30H,7-10,14H2,1-2H3/t17-,19-,21+,25+,26+/m1/s1. The highest BCUT2D eigenvalue weighted by Gasteiger charge is 2.54. The average molecular weight is 467 g/mol. The molecule has 2 aromatic rings. The van der Waals surface area contributed by atoms with E-state index in [0.717, 1.165) is 48.1 Å². The number of hydroxylamine groups is 1. The molecule has 0 aliphatic heterocycles. The van der Waals surface area contributed by atoms with Crippen LogP contribution in [0.2, 0.25) is 0 Å². The average Bonchev–Trinajstić information content (AvgIpc) is 3.13. The van der Waals surface area contributed by atoms with Crippen molar-refractivity contribution in [3.05, 3.63) is 69.3 Å².